The van der Waals surface area contributed by atoms with E-state index in [1.165, 1.54) is 0 Å². The second-order valence-electron chi connectivity index (χ2n) is 5.49. The molecule has 5 nitrogen and oxygen atoms in total. The quantitative estimate of drug-likeness (QED) is 0.872. The number of carbonyl (C=O) groups is 1. The van der Waals surface area contributed by atoms with Gasteiger partial charge in [0.1, 0.15) is 5.69 Å². The molecule has 0 radical (unpaired) electrons. The molecular weight excluding hydrogens is 242 g/mol. The lowest BCUT2D eigenvalue weighted by Crippen LogP contribution is -2.33. The molecule has 1 aliphatic rings. The minimum Gasteiger partial charge on any atom is -0.397 e. The van der Waals surface area contributed by atoms with Crippen LogP contribution in [0.15, 0.2) is 12.3 Å². The first-order valence-electron chi connectivity index (χ1n) is 6.86. The Balaban J connectivity index is 1.99. The number of aromatic nitrogens is 1. The second-order valence-corrected chi connectivity index (χ2v) is 5.49. The number of hydrogen-bond donors (Lipinski definition) is 2. The molecule has 1 amide bonds. The van der Waals surface area contributed by atoms with E-state index in [9.17, 15) is 4.79 Å². The Bertz CT molecular complexity index is 454. The molecule has 1 fully saturated rings. The van der Waals surface area contributed by atoms with Gasteiger partial charge in [0, 0.05) is 31.3 Å². The summed E-state index contributed by atoms with van der Waals surface area (Å²) in [6, 6.07) is 1.94. The van der Waals surface area contributed by atoms with Crippen molar-refractivity contribution in [2.45, 2.75) is 39.3 Å². The number of ether oxygens (including phenoxy) is 1. The molecule has 0 aliphatic carbocycles. The van der Waals surface area contributed by atoms with E-state index in [4.69, 9.17) is 10.5 Å². The zero-order valence-electron chi connectivity index (χ0n) is 11.8. The maximum atomic E-state index is 12.2. The first kappa shape index (κ1) is 13.9. The molecule has 0 bridgehead atoms. The summed E-state index contributed by atoms with van der Waals surface area (Å²) in [5.74, 6) is 0.341. The second kappa shape index (κ2) is 5.65. The van der Waals surface area contributed by atoms with Crippen LogP contribution >= 0.6 is 0 Å². The van der Waals surface area contributed by atoms with Crippen LogP contribution < -0.4 is 11.1 Å². The number of rotatable bonds is 4. The largest absolute Gasteiger partial charge is 0.397 e. The summed E-state index contributed by atoms with van der Waals surface area (Å²) in [7, 11) is 0. The third-order valence-electron chi connectivity index (χ3n) is 3.72. The number of carbonyl (C=O) groups excluding carboxylic acids is 1. The average Bonchev–Trinajstić information content (AvgIpc) is 2.92. The Kier molecular flexibility index (Phi) is 4.14. The number of nitrogens with one attached hydrogen (secondary N) is 1. The van der Waals surface area contributed by atoms with Crippen LogP contribution in [0.4, 0.5) is 5.69 Å². The van der Waals surface area contributed by atoms with Gasteiger partial charge in [0.05, 0.1) is 11.8 Å². The van der Waals surface area contributed by atoms with Crippen LogP contribution in [0.1, 0.15) is 43.7 Å². The lowest BCUT2D eigenvalue weighted by atomic mass is 10.0. The third kappa shape index (κ3) is 3.10. The standard InChI is InChI=1S/C14H23N3O2/c1-9(2)17-8-12(15)6-13(17)14(18)16-7-11-4-5-19-10(11)3/h6,8-11H,4-5,7,15H2,1-3H3,(H,16,18). The lowest BCUT2D eigenvalue weighted by molar-refractivity contribution is 0.0898. The third-order valence-corrected chi connectivity index (χ3v) is 3.72. The normalized spacial score (nSPS) is 22.9. The fourth-order valence-electron chi connectivity index (χ4n) is 2.47. The first-order valence-corrected chi connectivity index (χ1v) is 6.86. The lowest BCUT2D eigenvalue weighted by Gasteiger charge is -2.16. The molecule has 1 aromatic heterocycles. The first-order chi connectivity index (χ1) is 8.99. The molecule has 1 saturated heterocycles. The van der Waals surface area contributed by atoms with Gasteiger partial charge in [-0.05, 0) is 33.3 Å². The van der Waals surface area contributed by atoms with Crippen LogP contribution in [0.25, 0.3) is 0 Å². The predicted molar refractivity (Wildman–Crippen MR) is 75.1 cm³/mol. The van der Waals surface area contributed by atoms with Gasteiger partial charge in [-0.2, -0.15) is 0 Å². The van der Waals surface area contributed by atoms with E-state index in [1.54, 1.807) is 12.3 Å². The van der Waals surface area contributed by atoms with E-state index in [1.807, 2.05) is 18.4 Å². The van der Waals surface area contributed by atoms with E-state index < -0.39 is 0 Å². The zero-order valence-corrected chi connectivity index (χ0v) is 11.8. The number of amides is 1. The molecule has 2 unspecified atom stereocenters. The van der Waals surface area contributed by atoms with Gasteiger partial charge in [-0.1, -0.05) is 0 Å². The molecule has 2 rings (SSSR count). The van der Waals surface area contributed by atoms with Crippen molar-refractivity contribution < 1.29 is 9.53 Å². The van der Waals surface area contributed by atoms with Crippen LogP contribution in [-0.2, 0) is 4.74 Å². The summed E-state index contributed by atoms with van der Waals surface area (Å²) < 4.78 is 7.40. The summed E-state index contributed by atoms with van der Waals surface area (Å²) in [4.78, 5) is 12.2. The van der Waals surface area contributed by atoms with Gasteiger partial charge < -0.3 is 20.4 Å². The van der Waals surface area contributed by atoms with Crippen LogP contribution in [0.5, 0.6) is 0 Å². The smallest absolute Gasteiger partial charge is 0.268 e. The number of hydrogen-bond acceptors (Lipinski definition) is 3. The van der Waals surface area contributed by atoms with E-state index in [2.05, 4.69) is 12.2 Å². The Morgan fingerprint density at radius 3 is 2.95 bits per heavy atom. The van der Waals surface area contributed by atoms with Crippen molar-refractivity contribution in [1.82, 2.24) is 9.88 Å². The molecule has 19 heavy (non-hydrogen) atoms. The van der Waals surface area contributed by atoms with Crippen LogP contribution in [0.2, 0.25) is 0 Å². The highest BCUT2D eigenvalue weighted by atomic mass is 16.5. The number of nitrogens with two attached hydrogens (primary N) is 1. The number of nitrogens with zero attached hydrogens (tertiary/aromatic N) is 1. The molecule has 1 aromatic rings. The van der Waals surface area contributed by atoms with Gasteiger partial charge in [-0.15, -0.1) is 0 Å². The number of anilines is 1. The molecule has 3 N–H and O–H groups in total. The Morgan fingerprint density at radius 2 is 2.37 bits per heavy atom. The minimum absolute atomic E-state index is 0.0653. The van der Waals surface area contributed by atoms with Crippen LogP contribution in [0, 0.1) is 5.92 Å². The van der Waals surface area contributed by atoms with E-state index >= 15 is 0 Å². The fourth-order valence-corrected chi connectivity index (χ4v) is 2.47. The highest BCUT2D eigenvalue weighted by molar-refractivity contribution is 5.93. The van der Waals surface area contributed by atoms with Crippen molar-refractivity contribution >= 4 is 11.6 Å². The predicted octanol–water partition coefficient (Wildman–Crippen LogP) is 1.81. The molecule has 0 aromatic carbocycles. The SMILES string of the molecule is CC1OCCC1CNC(=O)c1cc(N)cn1C(C)C. The number of nitrogen functional groups attached to an aromatic ring is 1. The zero-order chi connectivity index (χ0) is 14.0. The van der Waals surface area contributed by atoms with Gasteiger partial charge in [0.15, 0.2) is 0 Å². The molecule has 106 valence electrons. The molecular formula is C14H23N3O2. The highest BCUT2D eigenvalue weighted by Gasteiger charge is 2.25. The van der Waals surface area contributed by atoms with Crippen LogP contribution in [0.3, 0.4) is 0 Å². The summed E-state index contributed by atoms with van der Waals surface area (Å²) in [5.41, 5.74) is 7.02. The summed E-state index contributed by atoms with van der Waals surface area (Å²) in [5, 5.41) is 2.98. The van der Waals surface area contributed by atoms with Crippen molar-refractivity contribution in [3.8, 4) is 0 Å². The molecule has 0 spiro atoms. The maximum absolute atomic E-state index is 12.2. The Morgan fingerprint density at radius 1 is 1.63 bits per heavy atom. The van der Waals surface area contributed by atoms with E-state index in [-0.39, 0.29) is 18.1 Å². The summed E-state index contributed by atoms with van der Waals surface area (Å²) >= 11 is 0. The molecule has 0 saturated carbocycles. The van der Waals surface area contributed by atoms with Gasteiger partial charge in [-0.25, -0.2) is 0 Å². The van der Waals surface area contributed by atoms with Crippen molar-refractivity contribution in [2.75, 3.05) is 18.9 Å². The summed E-state index contributed by atoms with van der Waals surface area (Å²) in [6.07, 6.45) is 3.04. The van der Waals surface area contributed by atoms with Crippen molar-refractivity contribution in [3.63, 3.8) is 0 Å². The van der Waals surface area contributed by atoms with Crippen molar-refractivity contribution in [3.05, 3.63) is 18.0 Å². The maximum Gasteiger partial charge on any atom is 0.268 e. The fraction of sp³-hybridized carbons (Fsp3) is 0.643. The molecule has 2 atom stereocenters. The van der Waals surface area contributed by atoms with E-state index in [0.717, 1.165) is 13.0 Å². The average molecular weight is 265 g/mol. The van der Waals surface area contributed by atoms with Crippen LogP contribution in [-0.4, -0.2) is 29.7 Å². The van der Waals surface area contributed by atoms with Crippen molar-refractivity contribution in [1.29, 1.82) is 0 Å². The van der Waals surface area contributed by atoms with Gasteiger partial charge in [0.2, 0.25) is 0 Å². The topological polar surface area (TPSA) is 69.3 Å². The molecule has 2 heterocycles. The molecule has 5 heteroatoms. The monoisotopic (exact) mass is 265 g/mol. The van der Waals surface area contributed by atoms with E-state index in [0.29, 0.717) is 23.8 Å². The van der Waals surface area contributed by atoms with Gasteiger partial charge in [-0.3, -0.25) is 4.79 Å². The Labute approximate surface area is 114 Å². The highest BCUT2D eigenvalue weighted by Crippen LogP contribution is 2.20. The Hall–Kier alpha value is -1.49. The minimum atomic E-state index is -0.0653. The summed E-state index contributed by atoms with van der Waals surface area (Å²) in [6.45, 7) is 7.56. The van der Waals surface area contributed by atoms with Crippen molar-refractivity contribution in [2.24, 2.45) is 5.92 Å². The van der Waals surface area contributed by atoms with Gasteiger partial charge >= 0.3 is 0 Å². The molecule has 1 aliphatic heterocycles. The van der Waals surface area contributed by atoms with Gasteiger partial charge in [0.25, 0.3) is 5.91 Å².